The molecule has 4 heterocycles. The van der Waals surface area contributed by atoms with E-state index in [2.05, 4.69) is 0 Å². The fourth-order valence-corrected chi connectivity index (χ4v) is 4.41. The summed E-state index contributed by atoms with van der Waals surface area (Å²) in [6.45, 7) is 4.08. The summed E-state index contributed by atoms with van der Waals surface area (Å²) in [4.78, 5) is 24.4. The molecule has 3 fully saturated rings. The van der Waals surface area contributed by atoms with Gasteiger partial charge in [0.05, 0.1) is 18.0 Å². The van der Waals surface area contributed by atoms with E-state index in [1.54, 1.807) is 17.1 Å². The highest BCUT2D eigenvalue weighted by Crippen LogP contribution is 2.37. The minimum absolute atomic E-state index is 0.0141. The molecular weight excluding hydrogens is 308 g/mol. The number of carbonyl (C=O) groups is 1. The number of amides is 1. The first-order valence-electron chi connectivity index (χ1n) is 8.59. The van der Waals surface area contributed by atoms with Gasteiger partial charge in [0.1, 0.15) is 11.8 Å². The Morgan fingerprint density at radius 2 is 2.00 bits per heavy atom. The van der Waals surface area contributed by atoms with Gasteiger partial charge in [0, 0.05) is 37.3 Å². The van der Waals surface area contributed by atoms with Gasteiger partial charge in [0.25, 0.3) is 5.69 Å². The van der Waals surface area contributed by atoms with E-state index in [9.17, 15) is 14.9 Å². The number of rotatable bonds is 3. The molecule has 4 aliphatic rings. The molecule has 1 amide bonds. The third-order valence-corrected chi connectivity index (χ3v) is 5.61. The number of quaternary nitrogens is 1. The van der Waals surface area contributed by atoms with Crippen molar-refractivity contribution in [2.45, 2.75) is 38.3 Å². The SMILES string of the molecule is CCC(=O)N1N=C2C3CC[NH+](CC3)[C@H]2[C@@H]1c1ccc([N+](=O)[O-])cc1. The molecule has 0 aromatic heterocycles. The van der Waals surface area contributed by atoms with Gasteiger partial charge in [-0.1, -0.05) is 6.92 Å². The number of nitro groups is 1. The summed E-state index contributed by atoms with van der Waals surface area (Å²) in [7, 11) is 0. The van der Waals surface area contributed by atoms with Gasteiger partial charge in [0.2, 0.25) is 5.91 Å². The highest BCUT2D eigenvalue weighted by molar-refractivity contribution is 5.96. The summed E-state index contributed by atoms with van der Waals surface area (Å²) >= 11 is 0. The Labute approximate surface area is 140 Å². The zero-order valence-corrected chi connectivity index (χ0v) is 13.6. The predicted molar refractivity (Wildman–Crippen MR) is 87.6 cm³/mol. The Morgan fingerprint density at radius 1 is 1.33 bits per heavy atom. The number of benzene rings is 1. The molecule has 0 radical (unpaired) electrons. The molecule has 2 bridgehead atoms. The fraction of sp³-hybridized carbons (Fsp3) is 0.529. The lowest BCUT2D eigenvalue weighted by molar-refractivity contribution is -0.927. The Morgan fingerprint density at radius 3 is 2.58 bits per heavy atom. The van der Waals surface area contributed by atoms with Crippen molar-refractivity contribution in [3.8, 4) is 0 Å². The largest absolute Gasteiger partial charge is 0.326 e. The number of piperidine rings is 3. The van der Waals surface area contributed by atoms with Gasteiger partial charge < -0.3 is 4.90 Å². The molecule has 2 atom stereocenters. The van der Waals surface area contributed by atoms with Gasteiger partial charge >= 0.3 is 0 Å². The lowest BCUT2D eigenvalue weighted by atomic mass is 9.78. The molecule has 0 spiro atoms. The summed E-state index contributed by atoms with van der Waals surface area (Å²) < 4.78 is 0. The van der Waals surface area contributed by atoms with Crippen LogP contribution in [0.4, 0.5) is 5.69 Å². The van der Waals surface area contributed by atoms with Crippen molar-refractivity contribution in [2.75, 3.05) is 13.1 Å². The molecule has 5 rings (SSSR count). The van der Waals surface area contributed by atoms with Gasteiger partial charge in [-0.15, -0.1) is 0 Å². The van der Waals surface area contributed by atoms with E-state index in [0.717, 1.165) is 37.2 Å². The van der Waals surface area contributed by atoms with Crippen LogP contribution in [0, 0.1) is 16.0 Å². The van der Waals surface area contributed by atoms with Gasteiger partial charge in [-0.2, -0.15) is 5.10 Å². The number of non-ortho nitro benzene ring substituents is 1. The number of carbonyl (C=O) groups excluding carboxylic acids is 1. The molecule has 24 heavy (non-hydrogen) atoms. The van der Waals surface area contributed by atoms with Crippen LogP contribution in [0.3, 0.4) is 0 Å². The predicted octanol–water partition coefficient (Wildman–Crippen LogP) is 0.921. The van der Waals surface area contributed by atoms with E-state index in [1.165, 1.54) is 17.0 Å². The van der Waals surface area contributed by atoms with Crippen molar-refractivity contribution in [3.63, 3.8) is 0 Å². The number of fused-ring (bicyclic) bond motifs is 2. The van der Waals surface area contributed by atoms with Crippen LogP contribution in [-0.2, 0) is 4.79 Å². The quantitative estimate of drug-likeness (QED) is 0.661. The van der Waals surface area contributed by atoms with Crippen LogP contribution in [-0.4, -0.2) is 40.7 Å². The standard InChI is InChI=1S/C17H20N4O3/c1-2-14(22)20-16(12-3-5-13(6-4-12)21(23)24)17-15(18-20)11-7-9-19(17)10-8-11/h3-6,11,16-17H,2,7-10H2,1H3/p+1/t16-,17+/m0/s1. The number of hydrazone groups is 1. The van der Waals surface area contributed by atoms with Gasteiger partial charge in [0.15, 0.2) is 6.04 Å². The van der Waals surface area contributed by atoms with E-state index in [0.29, 0.717) is 12.3 Å². The number of nitro benzene ring substituents is 1. The minimum Gasteiger partial charge on any atom is -0.326 e. The van der Waals surface area contributed by atoms with Gasteiger partial charge in [-0.3, -0.25) is 14.9 Å². The molecule has 1 aromatic rings. The van der Waals surface area contributed by atoms with Crippen molar-refractivity contribution in [2.24, 2.45) is 11.0 Å². The van der Waals surface area contributed by atoms with E-state index in [-0.39, 0.29) is 23.7 Å². The van der Waals surface area contributed by atoms with Crippen LogP contribution in [0.5, 0.6) is 0 Å². The molecule has 7 nitrogen and oxygen atoms in total. The first-order valence-corrected chi connectivity index (χ1v) is 8.59. The van der Waals surface area contributed by atoms with Crippen LogP contribution in [0.25, 0.3) is 0 Å². The third kappa shape index (κ3) is 2.23. The number of nitrogens with one attached hydrogen (secondary N) is 1. The molecular formula is C17H21N4O3+. The zero-order valence-electron chi connectivity index (χ0n) is 13.6. The lowest BCUT2D eigenvalue weighted by Gasteiger charge is -2.42. The number of nitrogens with zero attached hydrogens (tertiary/aromatic N) is 3. The van der Waals surface area contributed by atoms with Crippen LogP contribution >= 0.6 is 0 Å². The van der Waals surface area contributed by atoms with Crippen LogP contribution in [0.15, 0.2) is 29.4 Å². The van der Waals surface area contributed by atoms with Crippen LogP contribution in [0.2, 0.25) is 0 Å². The Kier molecular flexibility index (Phi) is 3.60. The molecule has 4 aliphatic heterocycles. The number of hydrogen-bond acceptors (Lipinski definition) is 4. The summed E-state index contributed by atoms with van der Waals surface area (Å²) in [5.41, 5.74) is 2.17. The van der Waals surface area contributed by atoms with Crippen LogP contribution < -0.4 is 4.90 Å². The molecule has 0 unspecified atom stereocenters. The zero-order chi connectivity index (χ0) is 16.8. The summed E-state index contributed by atoms with van der Waals surface area (Å²) in [6, 6.07) is 6.67. The molecule has 0 saturated carbocycles. The second kappa shape index (κ2) is 5.66. The average molecular weight is 329 g/mol. The highest BCUT2D eigenvalue weighted by Gasteiger charge is 2.54. The minimum atomic E-state index is -0.396. The first-order chi connectivity index (χ1) is 11.6. The normalized spacial score (nSPS) is 30.9. The maximum Gasteiger partial charge on any atom is 0.269 e. The molecule has 3 saturated heterocycles. The summed E-state index contributed by atoms with van der Waals surface area (Å²) in [5, 5.41) is 17.3. The van der Waals surface area contributed by atoms with E-state index in [1.807, 2.05) is 6.92 Å². The highest BCUT2D eigenvalue weighted by atomic mass is 16.6. The van der Waals surface area contributed by atoms with Gasteiger partial charge in [-0.25, -0.2) is 5.01 Å². The van der Waals surface area contributed by atoms with E-state index < -0.39 is 4.92 Å². The molecule has 7 heteroatoms. The lowest BCUT2D eigenvalue weighted by Crippen LogP contribution is -3.20. The van der Waals surface area contributed by atoms with Crippen LogP contribution in [0.1, 0.15) is 37.8 Å². The van der Waals surface area contributed by atoms with Crippen molar-refractivity contribution in [1.29, 1.82) is 0 Å². The summed E-state index contributed by atoms with van der Waals surface area (Å²) in [6.07, 6.45) is 2.70. The Hall–Kier alpha value is -2.28. The monoisotopic (exact) mass is 329 g/mol. The molecule has 1 aromatic carbocycles. The molecule has 0 aliphatic carbocycles. The van der Waals surface area contributed by atoms with Gasteiger partial charge in [-0.05, 0) is 17.7 Å². The maximum absolute atomic E-state index is 12.5. The second-order valence-electron chi connectivity index (χ2n) is 6.82. The van der Waals surface area contributed by atoms with Crippen molar-refractivity contribution in [1.82, 2.24) is 5.01 Å². The van der Waals surface area contributed by atoms with Crippen molar-refractivity contribution >= 4 is 17.3 Å². The summed E-state index contributed by atoms with van der Waals surface area (Å²) in [5.74, 6) is 0.503. The molecule has 1 N–H and O–H groups in total. The third-order valence-electron chi connectivity index (χ3n) is 5.61. The van der Waals surface area contributed by atoms with E-state index in [4.69, 9.17) is 5.10 Å². The smallest absolute Gasteiger partial charge is 0.269 e. The average Bonchev–Trinajstić information content (AvgIpc) is 3.04. The van der Waals surface area contributed by atoms with Crippen molar-refractivity contribution < 1.29 is 14.6 Å². The van der Waals surface area contributed by atoms with E-state index >= 15 is 0 Å². The second-order valence-corrected chi connectivity index (χ2v) is 6.82. The maximum atomic E-state index is 12.5. The molecule has 126 valence electrons. The van der Waals surface area contributed by atoms with Crippen molar-refractivity contribution in [3.05, 3.63) is 39.9 Å². The Bertz CT molecular complexity index is 707. The Balaban J connectivity index is 1.73. The topological polar surface area (TPSA) is 80.2 Å². The fourth-order valence-electron chi connectivity index (χ4n) is 4.41. The first kappa shape index (κ1) is 15.3. The number of hydrogen-bond donors (Lipinski definition) is 1.